The number of carbonyl (C=O) groups is 1. The van der Waals surface area contributed by atoms with Crippen molar-refractivity contribution in [1.82, 2.24) is 20.0 Å². The molecule has 7 heteroatoms. The van der Waals surface area contributed by atoms with E-state index in [2.05, 4.69) is 15.3 Å². The molecule has 1 saturated heterocycles. The van der Waals surface area contributed by atoms with Gasteiger partial charge in [0, 0.05) is 33.2 Å². The van der Waals surface area contributed by atoms with E-state index in [4.69, 9.17) is 16.3 Å². The fraction of sp³-hybridized carbons (Fsp3) is 0.667. The molecule has 0 radical (unpaired) electrons. The summed E-state index contributed by atoms with van der Waals surface area (Å²) in [5.41, 5.74) is 1.09. The van der Waals surface area contributed by atoms with E-state index < -0.39 is 0 Å². The summed E-state index contributed by atoms with van der Waals surface area (Å²) >= 11 is 6.07. The standard InChI is InChI=1S/C12H19ClN4O2/c1-9-10(13)11(15-16(9)2)12(18)14-3-4-17-5-7-19-8-6-17/h3-8H2,1-2H3,(H,14,18). The first kappa shape index (κ1) is 14.3. The molecule has 0 saturated carbocycles. The maximum atomic E-state index is 12.0. The van der Waals surface area contributed by atoms with Gasteiger partial charge in [-0.15, -0.1) is 0 Å². The van der Waals surface area contributed by atoms with Gasteiger partial charge in [0.1, 0.15) is 0 Å². The van der Waals surface area contributed by atoms with Gasteiger partial charge in [0.15, 0.2) is 5.69 Å². The number of rotatable bonds is 4. The summed E-state index contributed by atoms with van der Waals surface area (Å²) in [6.45, 7) is 6.60. The lowest BCUT2D eigenvalue weighted by Gasteiger charge is -2.26. The maximum absolute atomic E-state index is 12.0. The van der Waals surface area contributed by atoms with Crippen LogP contribution in [0.2, 0.25) is 5.02 Å². The Morgan fingerprint density at radius 3 is 2.74 bits per heavy atom. The predicted molar refractivity (Wildman–Crippen MR) is 72.5 cm³/mol. The summed E-state index contributed by atoms with van der Waals surface area (Å²) in [5.74, 6) is -0.220. The minimum atomic E-state index is -0.220. The number of morpholine rings is 1. The highest BCUT2D eigenvalue weighted by Gasteiger charge is 2.18. The Hall–Kier alpha value is -1.11. The maximum Gasteiger partial charge on any atom is 0.273 e. The fourth-order valence-corrected chi connectivity index (χ4v) is 2.21. The molecule has 0 atom stereocenters. The van der Waals surface area contributed by atoms with E-state index in [0.717, 1.165) is 38.5 Å². The highest BCUT2D eigenvalue weighted by molar-refractivity contribution is 6.34. The van der Waals surface area contributed by atoms with Crippen LogP contribution in [-0.2, 0) is 11.8 Å². The number of carbonyl (C=O) groups excluding carboxylic acids is 1. The number of aryl methyl sites for hydroxylation is 1. The summed E-state index contributed by atoms with van der Waals surface area (Å²) in [7, 11) is 1.77. The molecule has 0 aliphatic carbocycles. The number of halogens is 1. The molecule has 1 aliphatic rings. The number of amides is 1. The predicted octanol–water partition coefficient (Wildman–Crippen LogP) is 0.444. The third-order valence-corrected chi connectivity index (χ3v) is 3.75. The van der Waals surface area contributed by atoms with Gasteiger partial charge in [0.2, 0.25) is 0 Å². The molecule has 1 aromatic heterocycles. The Labute approximate surface area is 117 Å². The normalized spacial score (nSPS) is 16.6. The van der Waals surface area contributed by atoms with Crippen LogP contribution in [0.25, 0.3) is 0 Å². The van der Waals surface area contributed by atoms with Gasteiger partial charge in [0.05, 0.1) is 23.9 Å². The lowest BCUT2D eigenvalue weighted by molar-refractivity contribution is 0.0383. The second-order valence-corrected chi connectivity index (χ2v) is 4.96. The number of hydrogen-bond acceptors (Lipinski definition) is 4. The van der Waals surface area contributed by atoms with Crippen molar-refractivity contribution >= 4 is 17.5 Å². The van der Waals surface area contributed by atoms with Gasteiger partial charge in [-0.2, -0.15) is 5.10 Å². The summed E-state index contributed by atoms with van der Waals surface area (Å²) in [4.78, 5) is 14.2. The molecule has 0 bridgehead atoms. The van der Waals surface area contributed by atoms with E-state index in [-0.39, 0.29) is 5.91 Å². The molecule has 0 aromatic carbocycles. The van der Waals surface area contributed by atoms with Gasteiger partial charge >= 0.3 is 0 Å². The third-order valence-electron chi connectivity index (χ3n) is 3.29. The van der Waals surface area contributed by atoms with Gasteiger partial charge in [-0.25, -0.2) is 0 Å². The second-order valence-electron chi connectivity index (χ2n) is 4.58. The first-order chi connectivity index (χ1) is 9.09. The smallest absolute Gasteiger partial charge is 0.273 e. The number of hydrogen-bond donors (Lipinski definition) is 1. The summed E-state index contributed by atoms with van der Waals surface area (Å²) in [6.07, 6.45) is 0. The van der Waals surface area contributed by atoms with Gasteiger partial charge < -0.3 is 10.1 Å². The average Bonchev–Trinajstić information content (AvgIpc) is 2.68. The van der Waals surface area contributed by atoms with Crippen molar-refractivity contribution in [2.24, 2.45) is 7.05 Å². The van der Waals surface area contributed by atoms with Crippen LogP contribution in [0.3, 0.4) is 0 Å². The molecular formula is C12H19ClN4O2. The van der Waals surface area contributed by atoms with Crippen LogP contribution in [0.5, 0.6) is 0 Å². The molecule has 19 heavy (non-hydrogen) atoms. The van der Waals surface area contributed by atoms with Crippen molar-refractivity contribution in [2.75, 3.05) is 39.4 Å². The average molecular weight is 287 g/mol. The number of ether oxygens (including phenoxy) is 1. The molecular weight excluding hydrogens is 268 g/mol. The molecule has 1 aromatic rings. The molecule has 0 unspecified atom stereocenters. The van der Waals surface area contributed by atoms with E-state index >= 15 is 0 Å². The van der Waals surface area contributed by atoms with Crippen LogP contribution in [0.1, 0.15) is 16.2 Å². The third kappa shape index (κ3) is 3.46. The monoisotopic (exact) mass is 286 g/mol. The quantitative estimate of drug-likeness (QED) is 0.873. The Kier molecular flexibility index (Phi) is 4.79. The zero-order valence-electron chi connectivity index (χ0n) is 11.3. The van der Waals surface area contributed by atoms with Crippen molar-refractivity contribution in [2.45, 2.75) is 6.92 Å². The van der Waals surface area contributed by atoms with Crippen LogP contribution < -0.4 is 5.32 Å². The Bertz CT molecular complexity index is 455. The highest BCUT2D eigenvalue weighted by atomic mass is 35.5. The SMILES string of the molecule is Cc1c(Cl)c(C(=O)NCCN2CCOCC2)nn1C. The van der Waals surface area contributed by atoms with Crippen molar-refractivity contribution in [1.29, 1.82) is 0 Å². The minimum Gasteiger partial charge on any atom is -0.379 e. The zero-order chi connectivity index (χ0) is 13.8. The lowest BCUT2D eigenvalue weighted by Crippen LogP contribution is -2.41. The topological polar surface area (TPSA) is 59.4 Å². The summed E-state index contributed by atoms with van der Waals surface area (Å²) < 4.78 is 6.88. The van der Waals surface area contributed by atoms with Crippen molar-refractivity contribution < 1.29 is 9.53 Å². The molecule has 6 nitrogen and oxygen atoms in total. The lowest BCUT2D eigenvalue weighted by atomic mass is 10.3. The minimum absolute atomic E-state index is 0.220. The Morgan fingerprint density at radius 1 is 1.47 bits per heavy atom. The van der Waals surface area contributed by atoms with Crippen molar-refractivity contribution in [3.8, 4) is 0 Å². The van der Waals surface area contributed by atoms with Gasteiger partial charge in [-0.05, 0) is 6.92 Å². The Morgan fingerprint density at radius 2 is 2.16 bits per heavy atom. The van der Waals surface area contributed by atoms with Crippen molar-refractivity contribution in [3.63, 3.8) is 0 Å². The van der Waals surface area contributed by atoms with Crippen LogP contribution in [0, 0.1) is 6.92 Å². The van der Waals surface area contributed by atoms with Gasteiger partial charge in [-0.3, -0.25) is 14.4 Å². The molecule has 0 spiro atoms. The van der Waals surface area contributed by atoms with E-state index in [1.54, 1.807) is 11.7 Å². The largest absolute Gasteiger partial charge is 0.379 e. The van der Waals surface area contributed by atoms with E-state index in [1.807, 2.05) is 6.92 Å². The van der Waals surface area contributed by atoms with E-state index in [0.29, 0.717) is 17.3 Å². The second kappa shape index (κ2) is 6.36. The molecule has 1 fully saturated rings. The first-order valence-electron chi connectivity index (χ1n) is 6.37. The molecule has 1 aliphatic heterocycles. The van der Waals surface area contributed by atoms with Crippen LogP contribution in [-0.4, -0.2) is 60.0 Å². The number of nitrogens with one attached hydrogen (secondary N) is 1. The fourth-order valence-electron chi connectivity index (χ4n) is 1.96. The number of nitrogens with zero attached hydrogens (tertiary/aromatic N) is 3. The van der Waals surface area contributed by atoms with Crippen LogP contribution >= 0.6 is 11.6 Å². The summed E-state index contributed by atoms with van der Waals surface area (Å²) in [5, 5.41) is 7.38. The molecule has 1 N–H and O–H groups in total. The zero-order valence-corrected chi connectivity index (χ0v) is 12.0. The number of aromatic nitrogens is 2. The molecule has 106 valence electrons. The van der Waals surface area contributed by atoms with Gasteiger partial charge in [0.25, 0.3) is 5.91 Å². The highest BCUT2D eigenvalue weighted by Crippen LogP contribution is 2.18. The van der Waals surface area contributed by atoms with Crippen LogP contribution in [0.15, 0.2) is 0 Å². The van der Waals surface area contributed by atoms with Gasteiger partial charge in [-0.1, -0.05) is 11.6 Å². The van der Waals surface area contributed by atoms with Crippen LogP contribution in [0.4, 0.5) is 0 Å². The molecule has 2 rings (SSSR count). The van der Waals surface area contributed by atoms with E-state index in [1.165, 1.54) is 0 Å². The molecule has 1 amide bonds. The summed E-state index contributed by atoms with van der Waals surface area (Å²) in [6, 6.07) is 0. The van der Waals surface area contributed by atoms with Crippen molar-refractivity contribution in [3.05, 3.63) is 16.4 Å². The first-order valence-corrected chi connectivity index (χ1v) is 6.75. The van der Waals surface area contributed by atoms with E-state index in [9.17, 15) is 4.79 Å². The molecule has 2 heterocycles. The Balaban J connectivity index is 1.82.